The van der Waals surface area contributed by atoms with E-state index < -0.39 is 12.1 Å². The van der Waals surface area contributed by atoms with E-state index in [2.05, 4.69) is 43.5 Å². The molecule has 0 bridgehead atoms. The third kappa shape index (κ3) is 57.6. The summed E-state index contributed by atoms with van der Waals surface area (Å²) >= 11 is 0. The van der Waals surface area contributed by atoms with Gasteiger partial charge in [0.2, 0.25) is 5.91 Å². The van der Waals surface area contributed by atoms with E-state index in [0.29, 0.717) is 25.9 Å². The monoisotopic (exact) mass is 1010 g/mol. The van der Waals surface area contributed by atoms with Crippen molar-refractivity contribution in [1.82, 2.24) is 5.32 Å². The van der Waals surface area contributed by atoms with E-state index in [1.807, 2.05) is 0 Å². The Hall–Kier alpha value is -1.66. The molecule has 0 heterocycles. The molecule has 2 atom stereocenters. The number of carbonyl (C=O) groups is 2. The number of esters is 1. The van der Waals surface area contributed by atoms with Gasteiger partial charge >= 0.3 is 5.97 Å². The van der Waals surface area contributed by atoms with E-state index in [1.165, 1.54) is 283 Å². The number of hydrogen-bond acceptors (Lipinski definition) is 5. The maximum atomic E-state index is 12.5. The average molecular weight is 1010 g/mol. The van der Waals surface area contributed by atoms with E-state index >= 15 is 0 Å². The lowest BCUT2D eigenvalue weighted by molar-refractivity contribution is -0.143. The average Bonchev–Trinajstić information content (AvgIpc) is 3.38. The Labute approximate surface area is 450 Å². The molecule has 0 aliphatic rings. The lowest BCUT2D eigenvalue weighted by atomic mass is 10.0. The van der Waals surface area contributed by atoms with Gasteiger partial charge in [-0.2, -0.15) is 0 Å². The van der Waals surface area contributed by atoms with Gasteiger partial charge in [-0.05, 0) is 70.6 Å². The summed E-state index contributed by atoms with van der Waals surface area (Å²) in [5.41, 5.74) is 0. The molecule has 0 fully saturated rings. The minimum atomic E-state index is -0.663. The Balaban J connectivity index is 3.37. The zero-order chi connectivity index (χ0) is 52.2. The Morgan fingerprint density at radius 3 is 1.03 bits per heavy atom. The summed E-state index contributed by atoms with van der Waals surface area (Å²) < 4.78 is 5.46. The highest BCUT2D eigenvalue weighted by Crippen LogP contribution is 2.18. The zero-order valence-electron chi connectivity index (χ0n) is 48.7. The molecule has 0 aromatic carbocycles. The summed E-state index contributed by atoms with van der Waals surface area (Å²) in [6.07, 6.45) is 76.4. The van der Waals surface area contributed by atoms with Crippen LogP contribution in [0.3, 0.4) is 0 Å². The van der Waals surface area contributed by atoms with Gasteiger partial charge < -0.3 is 20.3 Å². The molecular weight excluding hydrogens is 887 g/mol. The Bertz CT molecular complexity index is 1120. The van der Waals surface area contributed by atoms with Crippen molar-refractivity contribution in [2.24, 2.45) is 0 Å². The highest BCUT2D eigenvalue weighted by atomic mass is 16.5. The molecule has 426 valence electrons. The Morgan fingerprint density at radius 2 is 0.667 bits per heavy atom. The number of aliphatic hydroxyl groups excluding tert-OH is 2. The van der Waals surface area contributed by atoms with E-state index in [1.54, 1.807) is 0 Å². The SMILES string of the molecule is CCCC/C=C\CCCCCCCC(=O)OCCCCCCCCCCCCCC/C=C\CCCCCCCCCCCCCCCC(=O)NC(CO)C(O)CCCCCCCCCCCCCCCCC. The van der Waals surface area contributed by atoms with Crippen molar-refractivity contribution in [2.75, 3.05) is 13.2 Å². The van der Waals surface area contributed by atoms with Crippen LogP contribution in [0, 0.1) is 0 Å². The number of unbranched alkanes of at least 4 members (excludes halogenated alkanes) is 46. The first kappa shape index (κ1) is 70.3. The predicted octanol–water partition coefficient (Wildman–Crippen LogP) is 20.6. The summed E-state index contributed by atoms with van der Waals surface area (Å²) in [4.78, 5) is 24.5. The second-order valence-electron chi connectivity index (χ2n) is 22.4. The van der Waals surface area contributed by atoms with Gasteiger partial charge in [0.25, 0.3) is 0 Å². The molecule has 0 radical (unpaired) electrons. The van der Waals surface area contributed by atoms with Gasteiger partial charge in [-0.25, -0.2) is 0 Å². The number of nitrogens with one attached hydrogen (secondary N) is 1. The molecule has 6 nitrogen and oxygen atoms in total. The normalized spacial score (nSPS) is 12.7. The van der Waals surface area contributed by atoms with E-state index in [-0.39, 0.29) is 18.5 Å². The van der Waals surface area contributed by atoms with Crippen molar-refractivity contribution in [2.45, 2.75) is 373 Å². The first-order chi connectivity index (χ1) is 35.5. The quantitative estimate of drug-likeness (QED) is 0.0320. The minimum absolute atomic E-state index is 0.00565. The first-order valence-corrected chi connectivity index (χ1v) is 32.6. The van der Waals surface area contributed by atoms with Gasteiger partial charge in [-0.15, -0.1) is 0 Å². The summed E-state index contributed by atoms with van der Waals surface area (Å²) in [6.45, 7) is 4.94. The molecule has 0 rings (SSSR count). The van der Waals surface area contributed by atoms with Gasteiger partial charge in [-0.1, -0.05) is 301 Å². The van der Waals surface area contributed by atoms with E-state index in [0.717, 1.165) is 44.9 Å². The van der Waals surface area contributed by atoms with Gasteiger partial charge in [0.15, 0.2) is 0 Å². The second kappa shape index (κ2) is 61.9. The largest absolute Gasteiger partial charge is 0.466 e. The molecule has 6 heteroatoms. The topological polar surface area (TPSA) is 95.9 Å². The second-order valence-corrected chi connectivity index (χ2v) is 22.4. The number of amides is 1. The van der Waals surface area contributed by atoms with Crippen LogP contribution in [0.2, 0.25) is 0 Å². The van der Waals surface area contributed by atoms with Crippen LogP contribution in [0.4, 0.5) is 0 Å². The lowest BCUT2D eigenvalue weighted by Gasteiger charge is -2.22. The van der Waals surface area contributed by atoms with E-state index in [4.69, 9.17) is 4.74 Å². The summed E-state index contributed by atoms with van der Waals surface area (Å²) in [5.74, 6) is -0.0261. The molecule has 0 aromatic heterocycles. The highest BCUT2D eigenvalue weighted by molar-refractivity contribution is 5.76. The maximum Gasteiger partial charge on any atom is 0.305 e. The van der Waals surface area contributed by atoms with Crippen molar-refractivity contribution < 1.29 is 24.5 Å². The Kier molecular flexibility index (Phi) is 60.5. The summed E-state index contributed by atoms with van der Waals surface area (Å²) in [6, 6.07) is -0.540. The minimum Gasteiger partial charge on any atom is -0.466 e. The molecule has 3 N–H and O–H groups in total. The molecule has 0 aliphatic heterocycles. The standard InChI is InChI=1S/C66H127NO5/c1-3-5-7-9-11-13-15-16-32-35-39-42-46-50-54-58-64(69)63(62-68)67-65(70)59-55-51-47-43-40-36-33-30-28-26-24-22-20-18-17-19-21-23-25-27-29-31-34-37-41-45-49-53-57-61-72-66(71)60-56-52-48-44-38-14-12-10-8-6-4-2/h10,12,17,19,63-64,68-69H,3-9,11,13-16,18,20-62H2,1-2H3,(H,67,70)/b12-10-,19-17-. The van der Waals surface area contributed by atoms with Crippen LogP contribution in [0.1, 0.15) is 361 Å². The van der Waals surface area contributed by atoms with Gasteiger partial charge in [-0.3, -0.25) is 9.59 Å². The summed E-state index contributed by atoms with van der Waals surface area (Å²) in [7, 11) is 0. The smallest absolute Gasteiger partial charge is 0.305 e. The zero-order valence-corrected chi connectivity index (χ0v) is 48.7. The number of ether oxygens (including phenoxy) is 1. The third-order valence-electron chi connectivity index (χ3n) is 15.2. The summed E-state index contributed by atoms with van der Waals surface area (Å²) in [5, 5.41) is 23.3. The number of carbonyl (C=O) groups excluding carboxylic acids is 2. The first-order valence-electron chi connectivity index (χ1n) is 32.6. The highest BCUT2D eigenvalue weighted by Gasteiger charge is 2.20. The van der Waals surface area contributed by atoms with Crippen molar-refractivity contribution in [3.63, 3.8) is 0 Å². The molecule has 0 aromatic rings. The number of allylic oxidation sites excluding steroid dienone is 4. The van der Waals surface area contributed by atoms with Crippen LogP contribution in [0.25, 0.3) is 0 Å². The third-order valence-corrected chi connectivity index (χ3v) is 15.2. The molecule has 2 unspecified atom stereocenters. The van der Waals surface area contributed by atoms with Gasteiger partial charge in [0.05, 0.1) is 25.4 Å². The van der Waals surface area contributed by atoms with Crippen LogP contribution in [-0.4, -0.2) is 47.4 Å². The fraction of sp³-hybridized carbons (Fsp3) is 0.909. The molecular formula is C66H127NO5. The maximum absolute atomic E-state index is 12.5. The molecule has 0 aliphatic carbocycles. The van der Waals surface area contributed by atoms with Crippen LogP contribution >= 0.6 is 0 Å². The number of aliphatic hydroxyl groups is 2. The fourth-order valence-electron chi connectivity index (χ4n) is 10.2. The van der Waals surface area contributed by atoms with E-state index in [9.17, 15) is 19.8 Å². The molecule has 0 saturated heterocycles. The molecule has 0 saturated carbocycles. The number of rotatable bonds is 61. The fourth-order valence-corrected chi connectivity index (χ4v) is 10.2. The van der Waals surface area contributed by atoms with Crippen LogP contribution in [0.5, 0.6) is 0 Å². The number of hydrogen-bond donors (Lipinski definition) is 3. The van der Waals surface area contributed by atoms with Gasteiger partial charge in [0.1, 0.15) is 0 Å². The lowest BCUT2D eigenvalue weighted by Crippen LogP contribution is -2.45. The molecule has 72 heavy (non-hydrogen) atoms. The van der Waals surface area contributed by atoms with Crippen molar-refractivity contribution in [3.05, 3.63) is 24.3 Å². The van der Waals surface area contributed by atoms with Crippen LogP contribution in [0.15, 0.2) is 24.3 Å². The van der Waals surface area contributed by atoms with Crippen molar-refractivity contribution in [1.29, 1.82) is 0 Å². The Morgan fingerprint density at radius 1 is 0.375 bits per heavy atom. The van der Waals surface area contributed by atoms with Crippen molar-refractivity contribution >= 4 is 11.9 Å². The van der Waals surface area contributed by atoms with Gasteiger partial charge in [0, 0.05) is 12.8 Å². The van der Waals surface area contributed by atoms with Crippen LogP contribution < -0.4 is 5.32 Å². The predicted molar refractivity (Wildman–Crippen MR) is 315 cm³/mol. The van der Waals surface area contributed by atoms with Crippen molar-refractivity contribution in [3.8, 4) is 0 Å². The van der Waals surface area contributed by atoms with Crippen LogP contribution in [-0.2, 0) is 14.3 Å². The molecule has 0 spiro atoms. The molecule has 1 amide bonds.